The molecule has 4 rings (SSSR count). The molecule has 8 heteroatoms. The van der Waals surface area contributed by atoms with Crippen molar-refractivity contribution in [3.63, 3.8) is 0 Å². The topological polar surface area (TPSA) is 83.5 Å². The summed E-state index contributed by atoms with van der Waals surface area (Å²) in [6, 6.07) is 8.21. The molecule has 1 amide bonds. The van der Waals surface area contributed by atoms with Crippen LogP contribution in [0, 0.1) is 0 Å². The van der Waals surface area contributed by atoms with Gasteiger partial charge in [0.1, 0.15) is 5.75 Å². The maximum atomic E-state index is 12.5. The summed E-state index contributed by atoms with van der Waals surface area (Å²) in [5.74, 6) is 0.898. The van der Waals surface area contributed by atoms with Gasteiger partial charge in [0.15, 0.2) is 0 Å². The minimum atomic E-state index is -0.525. The van der Waals surface area contributed by atoms with Crippen LogP contribution < -0.4 is 10.1 Å². The van der Waals surface area contributed by atoms with Crippen LogP contribution in [0.25, 0.3) is 0 Å². The average Bonchev–Trinajstić information content (AvgIpc) is 3.32. The van der Waals surface area contributed by atoms with Crippen molar-refractivity contribution in [2.24, 2.45) is 0 Å². The summed E-state index contributed by atoms with van der Waals surface area (Å²) in [6.07, 6.45) is 3.95. The molecule has 1 aromatic carbocycles. The Morgan fingerprint density at radius 2 is 1.97 bits per heavy atom. The zero-order chi connectivity index (χ0) is 23.0. The number of rotatable bonds is 8. The summed E-state index contributed by atoms with van der Waals surface area (Å²) in [6.45, 7) is 5.93. The molecule has 0 spiro atoms. The van der Waals surface area contributed by atoms with E-state index in [0.29, 0.717) is 32.7 Å². The molecule has 2 N–H and O–H groups in total. The third-order valence-electron chi connectivity index (χ3n) is 6.99. The lowest BCUT2D eigenvalue weighted by Gasteiger charge is -2.44. The monoisotopic (exact) mass is 461 g/mol. The summed E-state index contributed by atoms with van der Waals surface area (Å²) >= 11 is 0. The molecule has 0 unspecified atom stereocenters. The van der Waals surface area contributed by atoms with Gasteiger partial charge in [-0.1, -0.05) is 12.1 Å². The number of carbonyl (C=O) groups excluding carboxylic acids is 1. The average molecular weight is 462 g/mol. The van der Waals surface area contributed by atoms with E-state index < -0.39 is 6.10 Å². The first kappa shape index (κ1) is 24.4. The number of benzene rings is 1. The van der Waals surface area contributed by atoms with E-state index in [-0.39, 0.29) is 24.2 Å². The number of hydrogen-bond acceptors (Lipinski definition) is 7. The lowest BCUT2D eigenvalue weighted by Crippen LogP contribution is -2.55. The molecule has 184 valence electrons. The minimum Gasteiger partial charge on any atom is -0.497 e. The van der Waals surface area contributed by atoms with Crippen molar-refractivity contribution < 1.29 is 24.1 Å². The van der Waals surface area contributed by atoms with Gasteiger partial charge in [-0.3, -0.25) is 9.69 Å². The third-order valence-corrected chi connectivity index (χ3v) is 6.99. The lowest BCUT2D eigenvalue weighted by molar-refractivity contribution is -0.158. The first-order valence-electron chi connectivity index (χ1n) is 12.4. The third kappa shape index (κ3) is 7.13. The molecule has 0 aliphatic carbocycles. The lowest BCUT2D eigenvalue weighted by atomic mass is 9.94. The second kappa shape index (κ2) is 12.1. The molecule has 8 nitrogen and oxygen atoms in total. The Bertz CT molecular complexity index is 740. The Balaban J connectivity index is 1.30. The molecule has 1 aromatic rings. The number of β-amino-alcohol motifs (C(OH)–C–C–N with tert-alkyl or cyclic N) is 1. The number of carbonyl (C=O) groups is 1. The molecule has 3 saturated heterocycles. The van der Waals surface area contributed by atoms with E-state index in [1.165, 1.54) is 18.4 Å². The van der Waals surface area contributed by atoms with Gasteiger partial charge in [0.05, 0.1) is 45.1 Å². The largest absolute Gasteiger partial charge is 0.497 e. The molecule has 33 heavy (non-hydrogen) atoms. The maximum Gasteiger partial charge on any atom is 0.222 e. The molecule has 0 bridgehead atoms. The van der Waals surface area contributed by atoms with Crippen LogP contribution in [0.4, 0.5) is 0 Å². The quantitative estimate of drug-likeness (QED) is 0.606. The smallest absolute Gasteiger partial charge is 0.222 e. The summed E-state index contributed by atoms with van der Waals surface area (Å²) in [5, 5.41) is 13.4. The van der Waals surface area contributed by atoms with Gasteiger partial charge in [-0.2, -0.15) is 0 Å². The number of fused-ring (bicyclic) bond motifs is 1. The van der Waals surface area contributed by atoms with E-state index >= 15 is 0 Å². The van der Waals surface area contributed by atoms with Gasteiger partial charge in [-0.15, -0.1) is 0 Å². The van der Waals surface area contributed by atoms with Crippen molar-refractivity contribution in [3.8, 4) is 5.75 Å². The molecule has 0 radical (unpaired) electrons. The SMILES string of the molecule is COc1ccc(CN2C[C@H](O)COC[C@H]3O[C@@H](CC(=O)NCCN4CCCC4)CC[C@@H]32)cc1. The van der Waals surface area contributed by atoms with Crippen LogP contribution in [-0.2, 0) is 20.8 Å². The Morgan fingerprint density at radius 1 is 1.18 bits per heavy atom. The molecule has 3 aliphatic rings. The number of likely N-dealkylation sites (tertiary alicyclic amines) is 1. The van der Waals surface area contributed by atoms with E-state index in [4.69, 9.17) is 14.2 Å². The molecule has 3 fully saturated rings. The van der Waals surface area contributed by atoms with Crippen molar-refractivity contribution in [3.05, 3.63) is 29.8 Å². The van der Waals surface area contributed by atoms with Crippen LogP contribution >= 0.6 is 0 Å². The number of ether oxygens (including phenoxy) is 3. The highest BCUT2D eigenvalue weighted by Crippen LogP contribution is 2.29. The molecule has 3 heterocycles. The maximum absolute atomic E-state index is 12.5. The van der Waals surface area contributed by atoms with Crippen molar-refractivity contribution in [1.29, 1.82) is 0 Å². The highest BCUT2D eigenvalue weighted by molar-refractivity contribution is 5.76. The van der Waals surface area contributed by atoms with E-state index in [0.717, 1.165) is 44.8 Å². The van der Waals surface area contributed by atoms with Crippen LogP contribution in [0.3, 0.4) is 0 Å². The van der Waals surface area contributed by atoms with E-state index in [1.54, 1.807) is 7.11 Å². The Hall–Kier alpha value is -1.71. The molecule has 0 saturated carbocycles. The summed E-state index contributed by atoms with van der Waals surface area (Å²) < 4.78 is 17.4. The van der Waals surface area contributed by atoms with Crippen molar-refractivity contribution in [2.45, 2.75) is 63.0 Å². The van der Waals surface area contributed by atoms with Crippen LogP contribution in [0.15, 0.2) is 24.3 Å². The fourth-order valence-electron chi connectivity index (χ4n) is 5.23. The molecular formula is C25H39N3O5. The second-order valence-electron chi connectivity index (χ2n) is 9.51. The first-order valence-corrected chi connectivity index (χ1v) is 12.4. The zero-order valence-corrected chi connectivity index (χ0v) is 19.8. The summed E-state index contributed by atoms with van der Waals surface area (Å²) in [4.78, 5) is 17.2. The van der Waals surface area contributed by atoms with Crippen molar-refractivity contribution >= 4 is 5.91 Å². The minimum absolute atomic E-state index is 0.0647. The Morgan fingerprint density at radius 3 is 2.73 bits per heavy atom. The highest BCUT2D eigenvalue weighted by Gasteiger charge is 2.38. The number of hydrogen-bond donors (Lipinski definition) is 2. The molecule has 0 aromatic heterocycles. The zero-order valence-electron chi connectivity index (χ0n) is 19.8. The van der Waals surface area contributed by atoms with Gasteiger partial charge in [0.2, 0.25) is 5.91 Å². The number of nitrogens with zero attached hydrogens (tertiary/aromatic N) is 2. The van der Waals surface area contributed by atoms with Crippen LogP contribution in [-0.4, -0.2) is 98.2 Å². The van der Waals surface area contributed by atoms with Crippen LogP contribution in [0.1, 0.15) is 37.7 Å². The van der Waals surface area contributed by atoms with E-state index in [2.05, 4.69) is 27.2 Å². The van der Waals surface area contributed by atoms with Gasteiger partial charge in [0, 0.05) is 32.2 Å². The number of amides is 1. The number of aliphatic hydroxyl groups is 1. The van der Waals surface area contributed by atoms with E-state index in [1.807, 2.05) is 12.1 Å². The predicted octanol–water partition coefficient (Wildman–Crippen LogP) is 1.41. The fourth-order valence-corrected chi connectivity index (χ4v) is 5.23. The molecule has 3 aliphatic heterocycles. The van der Waals surface area contributed by atoms with E-state index in [9.17, 15) is 9.90 Å². The van der Waals surface area contributed by atoms with Gasteiger partial charge in [-0.05, 0) is 56.5 Å². The van der Waals surface area contributed by atoms with Gasteiger partial charge >= 0.3 is 0 Å². The number of aliphatic hydroxyl groups excluding tert-OH is 1. The Labute approximate surface area is 197 Å². The standard InChI is InChI=1S/C25H39N3O5/c1-31-21-6-4-19(5-7-21)15-28-16-20(29)17-32-18-24-23(28)9-8-22(33-24)14-25(30)26-10-13-27-11-2-3-12-27/h4-7,20,22-24,29H,2-3,8-18H2,1H3,(H,26,30)/t20-,22+,23-,24+/m0/s1. The number of nitrogens with one attached hydrogen (secondary N) is 1. The number of methoxy groups -OCH3 is 1. The molecular weight excluding hydrogens is 422 g/mol. The first-order chi connectivity index (χ1) is 16.1. The van der Waals surface area contributed by atoms with Crippen molar-refractivity contribution in [1.82, 2.24) is 15.1 Å². The summed E-state index contributed by atoms with van der Waals surface area (Å²) in [5.41, 5.74) is 1.17. The van der Waals surface area contributed by atoms with Gasteiger partial charge in [0.25, 0.3) is 0 Å². The van der Waals surface area contributed by atoms with Crippen LogP contribution in [0.2, 0.25) is 0 Å². The fraction of sp³-hybridized carbons (Fsp3) is 0.720. The van der Waals surface area contributed by atoms with Gasteiger partial charge < -0.3 is 29.5 Å². The van der Waals surface area contributed by atoms with Gasteiger partial charge in [-0.25, -0.2) is 0 Å². The summed E-state index contributed by atoms with van der Waals surface area (Å²) in [7, 11) is 1.66. The van der Waals surface area contributed by atoms with Crippen LogP contribution in [0.5, 0.6) is 5.75 Å². The Kier molecular flexibility index (Phi) is 8.97. The highest BCUT2D eigenvalue weighted by atomic mass is 16.5. The second-order valence-corrected chi connectivity index (χ2v) is 9.51. The predicted molar refractivity (Wildman–Crippen MR) is 125 cm³/mol. The molecule has 4 atom stereocenters. The normalized spacial score (nSPS) is 29.2. The van der Waals surface area contributed by atoms with Crippen molar-refractivity contribution in [2.75, 3.05) is 53.0 Å².